The third-order valence-corrected chi connectivity index (χ3v) is 3.09. The summed E-state index contributed by atoms with van der Waals surface area (Å²) >= 11 is 9.43. The summed E-state index contributed by atoms with van der Waals surface area (Å²) in [6.45, 7) is 0.606. The fraction of sp³-hybridized carbons (Fsp3) is 0.154. The Morgan fingerprint density at radius 1 is 1.33 bits per heavy atom. The minimum absolute atomic E-state index is 0.530. The Morgan fingerprint density at radius 2 is 2.17 bits per heavy atom. The van der Waals surface area contributed by atoms with Gasteiger partial charge < -0.3 is 10.1 Å². The van der Waals surface area contributed by atoms with Gasteiger partial charge in [-0.2, -0.15) is 0 Å². The smallest absolute Gasteiger partial charge is 0.219 e. The van der Waals surface area contributed by atoms with Crippen molar-refractivity contribution in [1.82, 2.24) is 10.3 Å². The molecule has 0 aliphatic carbocycles. The molecule has 18 heavy (non-hydrogen) atoms. The first-order valence-corrected chi connectivity index (χ1v) is 6.59. The molecule has 1 aromatic carbocycles. The quantitative estimate of drug-likeness (QED) is 0.921. The second-order valence-corrected chi connectivity index (χ2v) is 4.99. The minimum atomic E-state index is 0.530. The summed E-state index contributed by atoms with van der Waals surface area (Å²) in [5.74, 6) is 1.26. The lowest BCUT2D eigenvalue weighted by Gasteiger charge is -2.08. The number of nitrogens with one attached hydrogen (secondary N) is 1. The molecule has 0 atom stereocenters. The largest absolute Gasteiger partial charge is 0.439 e. The fourth-order valence-electron chi connectivity index (χ4n) is 1.46. The van der Waals surface area contributed by atoms with E-state index in [4.69, 9.17) is 16.3 Å². The number of halogens is 2. The van der Waals surface area contributed by atoms with Crippen molar-refractivity contribution in [3.8, 4) is 11.6 Å². The molecule has 0 bridgehead atoms. The summed E-state index contributed by atoms with van der Waals surface area (Å²) in [6, 6.07) is 11.1. The lowest BCUT2D eigenvalue weighted by Crippen LogP contribution is -2.07. The van der Waals surface area contributed by atoms with Gasteiger partial charge in [-0.3, -0.25) is 0 Å². The number of nitrogens with zero attached hydrogens (tertiary/aromatic N) is 1. The molecule has 1 heterocycles. The van der Waals surface area contributed by atoms with Crippen LogP contribution in [0.15, 0.2) is 40.9 Å². The summed E-state index contributed by atoms with van der Waals surface area (Å²) in [5.41, 5.74) is 0.770. The Balaban J connectivity index is 2.21. The van der Waals surface area contributed by atoms with Crippen LogP contribution in [0.2, 0.25) is 5.02 Å². The van der Waals surface area contributed by atoms with Gasteiger partial charge in [-0.15, -0.1) is 0 Å². The molecule has 0 spiro atoms. The van der Waals surface area contributed by atoms with Crippen molar-refractivity contribution in [2.75, 3.05) is 7.05 Å². The van der Waals surface area contributed by atoms with Crippen LogP contribution in [0.25, 0.3) is 0 Å². The average Bonchev–Trinajstić information content (AvgIpc) is 2.34. The molecule has 0 fully saturated rings. The van der Waals surface area contributed by atoms with Crippen LogP contribution in [0.3, 0.4) is 0 Å². The summed E-state index contributed by atoms with van der Waals surface area (Å²) < 4.78 is 6.64. The van der Waals surface area contributed by atoms with Crippen LogP contribution >= 0.6 is 27.5 Å². The highest BCUT2D eigenvalue weighted by atomic mass is 79.9. The second kappa shape index (κ2) is 6.18. The first-order chi connectivity index (χ1) is 8.69. The maximum absolute atomic E-state index is 6.04. The molecular formula is C13H12BrClN2O. The van der Waals surface area contributed by atoms with E-state index in [1.54, 1.807) is 12.1 Å². The maximum atomic E-state index is 6.04. The summed E-state index contributed by atoms with van der Waals surface area (Å²) in [5, 5.41) is 3.65. The highest BCUT2D eigenvalue weighted by Crippen LogP contribution is 2.25. The molecule has 5 heteroatoms. The molecule has 2 rings (SSSR count). The number of aromatic nitrogens is 1. The van der Waals surface area contributed by atoms with Crippen molar-refractivity contribution >= 4 is 27.5 Å². The molecule has 0 aliphatic rings. The van der Waals surface area contributed by atoms with Gasteiger partial charge >= 0.3 is 0 Å². The molecule has 1 aromatic heterocycles. The number of rotatable bonds is 4. The Hall–Kier alpha value is -1.10. The minimum Gasteiger partial charge on any atom is -0.439 e. The van der Waals surface area contributed by atoms with Gasteiger partial charge in [0.05, 0.1) is 10.7 Å². The van der Waals surface area contributed by atoms with Gasteiger partial charge in [0.2, 0.25) is 5.88 Å². The van der Waals surface area contributed by atoms with E-state index < -0.39 is 0 Å². The van der Waals surface area contributed by atoms with Gasteiger partial charge in [0.1, 0.15) is 5.75 Å². The predicted octanol–water partition coefficient (Wildman–Crippen LogP) is 4.01. The van der Waals surface area contributed by atoms with Crippen molar-refractivity contribution in [3.05, 3.63) is 51.6 Å². The number of hydrogen-bond acceptors (Lipinski definition) is 3. The molecule has 0 saturated heterocycles. The van der Waals surface area contributed by atoms with E-state index in [0.29, 0.717) is 17.4 Å². The normalized spacial score (nSPS) is 10.4. The van der Waals surface area contributed by atoms with Gasteiger partial charge in [-0.1, -0.05) is 33.6 Å². The van der Waals surface area contributed by atoms with Gasteiger partial charge in [0, 0.05) is 17.1 Å². The van der Waals surface area contributed by atoms with Crippen LogP contribution in [0, 0.1) is 0 Å². The monoisotopic (exact) mass is 326 g/mol. The van der Waals surface area contributed by atoms with E-state index >= 15 is 0 Å². The second-order valence-electron chi connectivity index (χ2n) is 3.67. The van der Waals surface area contributed by atoms with E-state index in [1.165, 1.54) is 0 Å². The first-order valence-electron chi connectivity index (χ1n) is 5.42. The van der Waals surface area contributed by atoms with Gasteiger partial charge in [-0.25, -0.2) is 4.98 Å². The van der Waals surface area contributed by atoms with Crippen LogP contribution in [-0.4, -0.2) is 12.0 Å². The van der Waals surface area contributed by atoms with Crippen molar-refractivity contribution in [2.24, 2.45) is 0 Å². The van der Waals surface area contributed by atoms with E-state index in [2.05, 4.69) is 26.2 Å². The molecule has 0 amide bonds. The van der Waals surface area contributed by atoms with Gasteiger partial charge in [0.15, 0.2) is 0 Å². The molecular weight excluding hydrogens is 316 g/mol. The van der Waals surface area contributed by atoms with Crippen molar-refractivity contribution in [3.63, 3.8) is 0 Å². The number of ether oxygens (including phenoxy) is 1. The van der Waals surface area contributed by atoms with Crippen LogP contribution in [0.1, 0.15) is 5.69 Å². The Kier molecular flexibility index (Phi) is 4.58. The molecule has 2 aromatic rings. The lowest BCUT2D eigenvalue weighted by atomic mass is 10.3. The Bertz CT molecular complexity index is 548. The van der Waals surface area contributed by atoms with Crippen molar-refractivity contribution < 1.29 is 4.74 Å². The highest BCUT2D eigenvalue weighted by molar-refractivity contribution is 9.10. The molecule has 0 radical (unpaired) electrons. The van der Waals surface area contributed by atoms with Gasteiger partial charge in [-0.05, 0) is 31.3 Å². The maximum Gasteiger partial charge on any atom is 0.219 e. The Labute approximate surface area is 119 Å². The van der Waals surface area contributed by atoms with E-state index in [9.17, 15) is 0 Å². The SMILES string of the molecule is CNCc1nc(Oc2cccc(Br)c2)ccc1Cl. The molecule has 0 unspecified atom stereocenters. The summed E-state index contributed by atoms with van der Waals surface area (Å²) in [7, 11) is 1.85. The van der Waals surface area contributed by atoms with Crippen LogP contribution in [-0.2, 0) is 6.54 Å². The molecule has 0 aliphatic heterocycles. The number of hydrogen-bond donors (Lipinski definition) is 1. The molecule has 94 valence electrons. The van der Waals surface area contributed by atoms with Crippen LogP contribution < -0.4 is 10.1 Å². The highest BCUT2D eigenvalue weighted by Gasteiger charge is 2.05. The predicted molar refractivity (Wildman–Crippen MR) is 76.2 cm³/mol. The molecule has 1 N–H and O–H groups in total. The lowest BCUT2D eigenvalue weighted by molar-refractivity contribution is 0.460. The van der Waals surface area contributed by atoms with Gasteiger partial charge in [0.25, 0.3) is 0 Å². The molecule has 0 saturated carbocycles. The molecule has 3 nitrogen and oxygen atoms in total. The van der Waals surface area contributed by atoms with Crippen molar-refractivity contribution in [2.45, 2.75) is 6.54 Å². The Morgan fingerprint density at radius 3 is 2.89 bits per heavy atom. The zero-order valence-electron chi connectivity index (χ0n) is 9.78. The number of benzene rings is 1. The topological polar surface area (TPSA) is 34.2 Å². The summed E-state index contributed by atoms with van der Waals surface area (Å²) in [6.07, 6.45) is 0. The zero-order chi connectivity index (χ0) is 13.0. The summed E-state index contributed by atoms with van der Waals surface area (Å²) in [4.78, 5) is 4.36. The van der Waals surface area contributed by atoms with E-state index in [1.807, 2.05) is 31.3 Å². The fourth-order valence-corrected chi connectivity index (χ4v) is 2.01. The van der Waals surface area contributed by atoms with E-state index in [-0.39, 0.29) is 0 Å². The first kappa shape index (κ1) is 13.3. The van der Waals surface area contributed by atoms with E-state index in [0.717, 1.165) is 15.9 Å². The average molecular weight is 328 g/mol. The third kappa shape index (κ3) is 3.45. The van der Waals surface area contributed by atoms with Crippen LogP contribution in [0.4, 0.5) is 0 Å². The van der Waals surface area contributed by atoms with Crippen LogP contribution in [0.5, 0.6) is 11.6 Å². The van der Waals surface area contributed by atoms with Crippen molar-refractivity contribution in [1.29, 1.82) is 0 Å². The third-order valence-electron chi connectivity index (χ3n) is 2.26. The number of pyridine rings is 1. The zero-order valence-corrected chi connectivity index (χ0v) is 12.1. The standard InChI is InChI=1S/C13H12BrClN2O/c1-16-8-12-11(15)5-6-13(17-12)18-10-4-2-3-9(14)7-10/h2-7,16H,8H2,1H3.